The quantitative estimate of drug-likeness (QED) is 0.342. The van der Waals surface area contributed by atoms with E-state index in [1.165, 1.54) is 24.4 Å². The predicted molar refractivity (Wildman–Crippen MR) is 132 cm³/mol. The van der Waals surface area contributed by atoms with Gasteiger partial charge in [-0.05, 0) is 53.6 Å². The lowest BCUT2D eigenvalue weighted by Gasteiger charge is -2.21. The van der Waals surface area contributed by atoms with Gasteiger partial charge in [-0.25, -0.2) is 13.8 Å². The van der Waals surface area contributed by atoms with Gasteiger partial charge in [0.25, 0.3) is 5.91 Å². The van der Waals surface area contributed by atoms with Gasteiger partial charge in [0.15, 0.2) is 0 Å². The molecule has 1 amide bonds. The van der Waals surface area contributed by atoms with E-state index in [9.17, 15) is 13.2 Å². The highest BCUT2D eigenvalue weighted by Crippen LogP contribution is 2.28. The van der Waals surface area contributed by atoms with E-state index in [2.05, 4.69) is 10.5 Å². The van der Waals surface area contributed by atoms with Crippen molar-refractivity contribution in [3.05, 3.63) is 94.0 Å². The van der Waals surface area contributed by atoms with E-state index in [0.717, 1.165) is 21.7 Å². The minimum atomic E-state index is -3.75. The fourth-order valence-corrected chi connectivity index (χ4v) is 3.92. The van der Waals surface area contributed by atoms with Crippen LogP contribution in [-0.4, -0.2) is 33.3 Å². The Labute approximate surface area is 202 Å². The first kappa shape index (κ1) is 24.6. The molecule has 3 aromatic carbocycles. The van der Waals surface area contributed by atoms with Crippen LogP contribution >= 0.6 is 23.2 Å². The fraction of sp³-hybridized carbons (Fsp3) is 0.130. The summed E-state index contributed by atoms with van der Waals surface area (Å²) in [5.41, 5.74) is 4.34. The third-order valence-electron chi connectivity index (χ3n) is 4.41. The van der Waals surface area contributed by atoms with Crippen LogP contribution in [0.5, 0.6) is 5.75 Å². The summed E-state index contributed by atoms with van der Waals surface area (Å²) in [7, 11) is -3.75. The molecule has 0 saturated heterocycles. The summed E-state index contributed by atoms with van der Waals surface area (Å²) in [4.78, 5) is 12.3. The summed E-state index contributed by atoms with van der Waals surface area (Å²) in [5, 5.41) is 4.35. The van der Waals surface area contributed by atoms with Gasteiger partial charge in [0, 0.05) is 0 Å². The molecule has 0 aromatic heterocycles. The molecular weight excluding hydrogens is 485 g/mol. The van der Waals surface area contributed by atoms with Crippen molar-refractivity contribution in [1.29, 1.82) is 0 Å². The Morgan fingerprint density at radius 1 is 1.03 bits per heavy atom. The molecule has 1 N–H and O–H groups in total. The zero-order valence-corrected chi connectivity index (χ0v) is 19.9. The number of amides is 1. The Morgan fingerprint density at radius 3 is 2.36 bits per heavy atom. The molecule has 0 spiro atoms. The number of hydrogen-bond donors (Lipinski definition) is 1. The zero-order valence-electron chi connectivity index (χ0n) is 17.6. The topological polar surface area (TPSA) is 88.1 Å². The summed E-state index contributed by atoms with van der Waals surface area (Å²) in [6.45, 7) is -0.0135. The normalized spacial score (nSPS) is 11.4. The molecule has 172 valence electrons. The third kappa shape index (κ3) is 7.49. The number of rotatable bonds is 9. The van der Waals surface area contributed by atoms with Crippen LogP contribution in [0.15, 0.2) is 77.9 Å². The Bertz CT molecular complexity index is 1230. The lowest BCUT2D eigenvalue weighted by atomic mass is 10.2. The summed E-state index contributed by atoms with van der Waals surface area (Å²) in [6.07, 6.45) is 2.44. The van der Waals surface area contributed by atoms with Crippen molar-refractivity contribution in [3.8, 4) is 5.75 Å². The van der Waals surface area contributed by atoms with Crippen LogP contribution < -0.4 is 14.5 Å². The molecule has 10 heteroatoms. The van der Waals surface area contributed by atoms with Crippen molar-refractivity contribution in [1.82, 2.24) is 5.43 Å². The van der Waals surface area contributed by atoms with Crippen LogP contribution in [0.3, 0.4) is 0 Å². The number of nitrogens with one attached hydrogen (secondary N) is 1. The maximum atomic E-state index is 12.3. The standard InChI is InChI=1S/C23H21Cl2N3O4S/c1-33(30,31)28(19-9-12-21(24)22(25)13-19)15-23(29)27-26-14-17-7-10-20(11-8-17)32-16-18-5-3-2-4-6-18/h2-14H,15-16H2,1H3,(H,27,29)/b26-14-. The minimum Gasteiger partial charge on any atom is -0.489 e. The lowest BCUT2D eigenvalue weighted by Crippen LogP contribution is -2.39. The fourth-order valence-electron chi connectivity index (χ4n) is 2.78. The number of hydrogen-bond acceptors (Lipinski definition) is 5. The molecule has 3 rings (SSSR count). The van der Waals surface area contributed by atoms with E-state index in [1.54, 1.807) is 24.3 Å². The first-order valence-electron chi connectivity index (χ1n) is 9.74. The second-order valence-electron chi connectivity index (χ2n) is 7.00. The largest absolute Gasteiger partial charge is 0.489 e. The second kappa shape index (κ2) is 11.2. The van der Waals surface area contributed by atoms with Crippen LogP contribution in [0, 0.1) is 0 Å². The Balaban J connectivity index is 1.56. The molecule has 0 aliphatic carbocycles. The number of carbonyl (C=O) groups is 1. The first-order chi connectivity index (χ1) is 15.7. The van der Waals surface area contributed by atoms with Crippen molar-refractivity contribution >= 4 is 51.0 Å². The smallest absolute Gasteiger partial charge is 0.260 e. The van der Waals surface area contributed by atoms with E-state index < -0.39 is 22.5 Å². The van der Waals surface area contributed by atoms with Crippen molar-refractivity contribution in [2.45, 2.75) is 6.61 Å². The zero-order chi connectivity index (χ0) is 23.8. The van der Waals surface area contributed by atoms with Crippen LogP contribution in [0.4, 0.5) is 5.69 Å². The van der Waals surface area contributed by atoms with Gasteiger partial charge in [0.05, 0.1) is 28.2 Å². The number of benzene rings is 3. The summed E-state index contributed by atoms with van der Waals surface area (Å²) < 4.78 is 31.0. The van der Waals surface area contributed by atoms with Gasteiger partial charge in [0.1, 0.15) is 18.9 Å². The predicted octanol–water partition coefficient (Wildman–Crippen LogP) is 4.49. The van der Waals surface area contributed by atoms with Crippen molar-refractivity contribution < 1.29 is 17.9 Å². The first-order valence-corrected chi connectivity index (χ1v) is 12.3. The molecule has 0 bridgehead atoms. The number of carbonyl (C=O) groups excluding carboxylic acids is 1. The van der Waals surface area contributed by atoms with Gasteiger partial charge in [0.2, 0.25) is 10.0 Å². The molecule has 3 aromatic rings. The van der Waals surface area contributed by atoms with E-state index in [1.807, 2.05) is 30.3 Å². The lowest BCUT2D eigenvalue weighted by molar-refractivity contribution is -0.119. The molecular formula is C23H21Cl2N3O4S. The Hall–Kier alpha value is -3.07. The molecule has 0 fully saturated rings. The molecule has 0 atom stereocenters. The van der Waals surface area contributed by atoms with Crippen molar-refractivity contribution in [2.75, 3.05) is 17.1 Å². The highest BCUT2D eigenvalue weighted by molar-refractivity contribution is 7.92. The molecule has 0 heterocycles. The van der Waals surface area contributed by atoms with E-state index in [0.29, 0.717) is 12.4 Å². The highest BCUT2D eigenvalue weighted by atomic mass is 35.5. The van der Waals surface area contributed by atoms with Crippen LogP contribution in [0.1, 0.15) is 11.1 Å². The van der Waals surface area contributed by atoms with Crippen molar-refractivity contribution in [2.24, 2.45) is 5.10 Å². The molecule has 0 unspecified atom stereocenters. The monoisotopic (exact) mass is 505 g/mol. The van der Waals surface area contributed by atoms with Gasteiger partial charge in [-0.15, -0.1) is 0 Å². The van der Waals surface area contributed by atoms with Crippen LogP contribution in [0.2, 0.25) is 10.0 Å². The number of anilines is 1. The average Bonchev–Trinajstić information content (AvgIpc) is 2.79. The number of ether oxygens (including phenoxy) is 1. The van der Waals surface area contributed by atoms with E-state index in [4.69, 9.17) is 27.9 Å². The molecule has 7 nitrogen and oxygen atoms in total. The summed E-state index contributed by atoms with van der Waals surface area (Å²) in [6, 6.07) is 21.3. The van der Waals surface area contributed by atoms with Crippen molar-refractivity contribution in [3.63, 3.8) is 0 Å². The molecule has 0 aliphatic heterocycles. The minimum absolute atomic E-state index is 0.178. The highest BCUT2D eigenvalue weighted by Gasteiger charge is 2.21. The van der Waals surface area contributed by atoms with E-state index in [-0.39, 0.29) is 15.7 Å². The summed E-state index contributed by atoms with van der Waals surface area (Å²) in [5.74, 6) is 0.0796. The SMILES string of the molecule is CS(=O)(=O)N(CC(=O)N/N=C\c1ccc(OCc2ccccc2)cc1)c1ccc(Cl)c(Cl)c1. The van der Waals surface area contributed by atoms with Gasteiger partial charge in [-0.3, -0.25) is 9.10 Å². The number of nitrogens with zero attached hydrogens (tertiary/aromatic N) is 2. The molecule has 0 saturated carbocycles. The average molecular weight is 506 g/mol. The number of halogens is 2. The molecule has 33 heavy (non-hydrogen) atoms. The Kier molecular flexibility index (Phi) is 8.32. The summed E-state index contributed by atoms with van der Waals surface area (Å²) >= 11 is 11.9. The van der Waals surface area contributed by atoms with E-state index >= 15 is 0 Å². The molecule has 0 radical (unpaired) electrons. The van der Waals surface area contributed by atoms with Gasteiger partial charge in [-0.1, -0.05) is 53.5 Å². The second-order valence-corrected chi connectivity index (χ2v) is 9.73. The van der Waals surface area contributed by atoms with Gasteiger partial charge in [-0.2, -0.15) is 5.10 Å². The van der Waals surface area contributed by atoms with Crippen LogP contribution in [0.25, 0.3) is 0 Å². The molecule has 0 aliphatic rings. The maximum Gasteiger partial charge on any atom is 0.260 e. The van der Waals surface area contributed by atoms with Gasteiger partial charge < -0.3 is 4.74 Å². The van der Waals surface area contributed by atoms with Gasteiger partial charge >= 0.3 is 0 Å². The maximum absolute atomic E-state index is 12.3. The third-order valence-corrected chi connectivity index (χ3v) is 6.29. The van der Waals surface area contributed by atoms with Crippen LogP contribution in [-0.2, 0) is 21.4 Å². The number of sulfonamides is 1. The Morgan fingerprint density at radius 2 is 1.73 bits per heavy atom. The number of hydrazone groups is 1.